The van der Waals surface area contributed by atoms with Gasteiger partial charge < -0.3 is 34.7 Å². The van der Waals surface area contributed by atoms with Gasteiger partial charge in [-0.05, 0) is 31.4 Å². The minimum atomic E-state index is -1.03. The summed E-state index contributed by atoms with van der Waals surface area (Å²) in [4.78, 5) is 32.3. The molecule has 0 radical (unpaired) electrons. The van der Waals surface area contributed by atoms with E-state index < -0.39 is 6.09 Å². The molecule has 1 saturated heterocycles. The molecule has 10 nitrogen and oxygen atoms in total. The van der Waals surface area contributed by atoms with Crippen molar-refractivity contribution in [2.24, 2.45) is 0 Å². The van der Waals surface area contributed by atoms with E-state index in [9.17, 15) is 14.7 Å². The molecule has 1 aliphatic carbocycles. The molecular weight excluding hydrogens is 522 g/mol. The van der Waals surface area contributed by atoms with E-state index in [1.807, 2.05) is 64.9 Å². The van der Waals surface area contributed by atoms with Crippen LogP contribution in [0.4, 0.5) is 4.79 Å². The molecule has 5 rings (SSSR count). The number of aromatic nitrogens is 2. The van der Waals surface area contributed by atoms with E-state index in [1.54, 1.807) is 13.4 Å². The third-order valence-electron chi connectivity index (χ3n) is 8.15. The lowest BCUT2D eigenvalue weighted by molar-refractivity contribution is 0.0601. The Morgan fingerprint density at radius 1 is 1.15 bits per heavy atom. The number of amides is 2. The molecule has 3 atom stereocenters. The Hall–Kier alpha value is -4.05. The van der Waals surface area contributed by atoms with Crippen molar-refractivity contribution in [1.82, 2.24) is 25.1 Å². The van der Waals surface area contributed by atoms with E-state index >= 15 is 0 Å². The van der Waals surface area contributed by atoms with Crippen LogP contribution < -0.4 is 20.1 Å². The lowest BCUT2D eigenvalue weighted by Gasteiger charge is -2.36. The van der Waals surface area contributed by atoms with Gasteiger partial charge in [0.25, 0.3) is 5.91 Å². The van der Waals surface area contributed by atoms with E-state index in [2.05, 4.69) is 15.6 Å². The number of ether oxygens (including phenoxy) is 2. The number of aryl methyl sites for hydroxylation is 1. The molecular formula is C31H39N5O5. The van der Waals surface area contributed by atoms with Crippen molar-refractivity contribution in [1.29, 1.82) is 0 Å². The highest BCUT2D eigenvalue weighted by atomic mass is 16.5. The highest BCUT2D eigenvalue weighted by molar-refractivity contribution is 5.98. The van der Waals surface area contributed by atoms with E-state index in [-0.39, 0.29) is 24.0 Å². The van der Waals surface area contributed by atoms with Crippen LogP contribution in [0.25, 0.3) is 11.3 Å². The van der Waals surface area contributed by atoms with Crippen LogP contribution in [-0.4, -0.2) is 77.0 Å². The van der Waals surface area contributed by atoms with Crippen molar-refractivity contribution < 1.29 is 24.2 Å². The Labute approximate surface area is 240 Å². The number of benzene rings is 2. The van der Waals surface area contributed by atoms with Gasteiger partial charge in [-0.1, -0.05) is 49.2 Å². The quantitative estimate of drug-likeness (QED) is 0.352. The van der Waals surface area contributed by atoms with Crippen molar-refractivity contribution in [3.63, 3.8) is 0 Å². The summed E-state index contributed by atoms with van der Waals surface area (Å²) in [5.41, 5.74) is 3.04. The van der Waals surface area contributed by atoms with Gasteiger partial charge >= 0.3 is 6.09 Å². The minimum Gasteiger partial charge on any atom is -0.497 e. The summed E-state index contributed by atoms with van der Waals surface area (Å²) in [7, 11) is 1.63. The van der Waals surface area contributed by atoms with Gasteiger partial charge in [-0.3, -0.25) is 4.79 Å². The Morgan fingerprint density at radius 2 is 1.95 bits per heavy atom. The Balaban J connectivity index is 1.40. The number of hydrogen-bond acceptors (Lipinski definition) is 6. The largest absolute Gasteiger partial charge is 0.497 e. The second kappa shape index (κ2) is 13.1. The number of rotatable bonds is 9. The van der Waals surface area contributed by atoms with Gasteiger partial charge in [0.15, 0.2) is 5.69 Å². The number of carbonyl (C=O) groups is 2. The topological polar surface area (TPSA) is 118 Å². The number of piperazine rings is 1. The Morgan fingerprint density at radius 3 is 2.73 bits per heavy atom. The first-order valence-electron chi connectivity index (χ1n) is 14.4. The van der Waals surface area contributed by atoms with E-state index in [4.69, 9.17) is 9.47 Å². The number of imidazole rings is 1. The van der Waals surface area contributed by atoms with Crippen molar-refractivity contribution >= 4 is 12.0 Å². The number of methoxy groups -OCH3 is 1. The van der Waals surface area contributed by atoms with Gasteiger partial charge in [0.05, 0.1) is 37.8 Å². The zero-order valence-corrected chi connectivity index (χ0v) is 23.7. The number of nitrogens with zero attached hydrogens (tertiary/aromatic N) is 3. The third kappa shape index (κ3) is 6.48. The lowest BCUT2D eigenvalue weighted by Crippen LogP contribution is -2.54. The maximum absolute atomic E-state index is 14.2. The maximum Gasteiger partial charge on any atom is 0.404 e. The molecule has 0 unspecified atom stereocenters. The summed E-state index contributed by atoms with van der Waals surface area (Å²) in [6, 6.07) is 15.1. The molecule has 1 aliphatic heterocycles. The molecule has 10 heteroatoms. The average molecular weight is 562 g/mol. The summed E-state index contributed by atoms with van der Waals surface area (Å²) in [5.74, 6) is 1.39. The predicted molar refractivity (Wildman–Crippen MR) is 156 cm³/mol. The molecule has 0 bridgehead atoms. The average Bonchev–Trinajstić information content (AvgIpc) is 3.43. The standard InChI is InChI=1S/C31H39N5O5/c1-21-12-13-24(40-2)18-27(21)41-17-14-23-19-32-15-16-35(23)30(37)28-29(22-8-4-3-5-9-22)36(20-33-28)26-11-7-6-10-25(26)34-31(38)39/h3-5,8-9,12-13,18,20,23,25-26,32,34H,6-7,10-11,14-17,19H2,1-2H3,(H,38,39)/t23-,25+,26+/m1/s1. The maximum atomic E-state index is 14.2. The highest BCUT2D eigenvalue weighted by Gasteiger charge is 2.35. The number of hydrogen-bond donors (Lipinski definition) is 3. The van der Waals surface area contributed by atoms with Gasteiger partial charge in [-0.2, -0.15) is 0 Å². The summed E-state index contributed by atoms with van der Waals surface area (Å²) in [6.07, 6.45) is 4.85. The zero-order valence-electron chi connectivity index (χ0n) is 23.7. The molecule has 2 aliphatic rings. The van der Waals surface area contributed by atoms with Crippen molar-refractivity contribution in [2.45, 2.75) is 57.2 Å². The summed E-state index contributed by atoms with van der Waals surface area (Å²) < 4.78 is 13.5. The van der Waals surface area contributed by atoms with Gasteiger partial charge in [-0.15, -0.1) is 0 Å². The zero-order chi connectivity index (χ0) is 28.8. The third-order valence-corrected chi connectivity index (χ3v) is 8.15. The second-order valence-corrected chi connectivity index (χ2v) is 10.7. The van der Waals surface area contributed by atoms with Crippen LogP contribution in [-0.2, 0) is 0 Å². The van der Waals surface area contributed by atoms with Crippen molar-refractivity contribution in [3.05, 3.63) is 66.1 Å². The van der Waals surface area contributed by atoms with Crippen LogP contribution in [0.3, 0.4) is 0 Å². The van der Waals surface area contributed by atoms with Crippen LogP contribution >= 0.6 is 0 Å². The predicted octanol–water partition coefficient (Wildman–Crippen LogP) is 4.50. The summed E-state index contributed by atoms with van der Waals surface area (Å²) in [6.45, 7) is 4.38. The van der Waals surface area contributed by atoms with E-state index in [0.29, 0.717) is 38.4 Å². The molecule has 2 fully saturated rings. The van der Waals surface area contributed by atoms with E-state index in [1.165, 1.54) is 0 Å². The molecule has 3 N–H and O–H groups in total. The molecule has 41 heavy (non-hydrogen) atoms. The van der Waals surface area contributed by atoms with Crippen molar-refractivity contribution in [3.8, 4) is 22.8 Å². The normalized spacial score (nSPS) is 20.8. The smallest absolute Gasteiger partial charge is 0.404 e. The highest BCUT2D eigenvalue weighted by Crippen LogP contribution is 2.35. The summed E-state index contributed by atoms with van der Waals surface area (Å²) >= 11 is 0. The van der Waals surface area contributed by atoms with Gasteiger partial charge in [-0.25, -0.2) is 9.78 Å². The summed E-state index contributed by atoms with van der Waals surface area (Å²) in [5, 5.41) is 15.6. The first-order chi connectivity index (χ1) is 20.0. The second-order valence-electron chi connectivity index (χ2n) is 10.7. The van der Waals surface area contributed by atoms with Crippen LogP contribution in [0, 0.1) is 6.92 Å². The van der Waals surface area contributed by atoms with Gasteiger partial charge in [0.2, 0.25) is 0 Å². The van der Waals surface area contributed by atoms with E-state index in [0.717, 1.165) is 54.0 Å². The van der Waals surface area contributed by atoms with Crippen molar-refractivity contribution in [2.75, 3.05) is 33.4 Å². The molecule has 3 aromatic rings. The van der Waals surface area contributed by atoms with Crippen LogP contribution in [0.5, 0.6) is 11.5 Å². The monoisotopic (exact) mass is 561 g/mol. The first-order valence-corrected chi connectivity index (χ1v) is 14.4. The fourth-order valence-corrected chi connectivity index (χ4v) is 6.01. The SMILES string of the molecule is COc1ccc(C)c(OCC[C@@H]2CNCCN2C(=O)c2ncn([C@H]3CCCC[C@@H]3NC(=O)O)c2-c2ccccc2)c1. The molecule has 2 aromatic carbocycles. The molecule has 2 amide bonds. The Bertz CT molecular complexity index is 1340. The van der Waals surface area contributed by atoms with Gasteiger partial charge in [0, 0.05) is 43.7 Å². The molecule has 1 aromatic heterocycles. The molecule has 0 spiro atoms. The Kier molecular flexibility index (Phi) is 9.08. The minimum absolute atomic E-state index is 0.0629. The lowest BCUT2D eigenvalue weighted by atomic mass is 9.89. The number of nitrogens with one attached hydrogen (secondary N) is 2. The number of carbonyl (C=O) groups excluding carboxylic acids is 1. The van der Waals surface area contributed by atoms with Crippen LogP contribution in [0.2, 0.25) is 0 Å². The fourth-order valence-electron chi connectivity index (χ4n) is 6.01. The number of carboxylic acid groups (broad SMARTS) is 1. The van der Waals surface area contributed by atoms with Crippen LogP contribution in [0.1, 0.15) is 54.2 Å². The molecule has 1 saturated carbocycles. The molecule has 218 valence electrons. The van der Waals surface area contributed by atoms with Gasteiger partial charge in [0.1, 0.15) is 11.5 Å². The van der Waals surface area contributed by atoms with Crippen LogP contribution in [0.15, 0.2) is 54.9 Å². The first kappa shape index (κ1) is 28.5. The molecule has 2 heterocycles. The fraction of sp³-hybridized carbons (Fsp3) is 0.452.